The first kappa shape index (κ1) is 13.8. The monoisotopic (exact) mass is 286 g/mol. The smallest absolute Gasteiger partial charge is 0.323 e. The summed E-state index contributed by atoms with van der Waals surface area (Å²) in [6.07, 6.45) is 3.28. The fraction of sp³-hybridized carbons (Fsp3) is 0.438. The summed E-state index contributed by atoms with van der Waals surface area (Å²) >= 11 is 0. The normalized spacial score (nSPS) is 15.7. The molecular formula is C16H18N2O3. The van der Waals surface area contributed by atoms with Crippen molar-refractivity contribution in [2.24, 2.45) is 5.92 Å². The van der Waals surface area contributed by atoms with Gasteiger partial charge in [-0.25, -0.2) is 0 Å². The maximum atomic E-state index is 12.2. The summed E-state index contributed by atoms with van der Waals surface area (Å²) in [7, 11) is 0. The quantitative estimate of drug-likeness (QED) is 0.764. The maximum absolute atomic E-state index is 12.2. The SMILES string of the molecule is CCOC(=O)C(c1ccccc1)c1nc(CC2CC2)no1. The minimum atomic E-state index is -0.647. The lowest BCUT2D eigenvalue weighted by Gasteiger charge is -2.11. The van der Waals surface area contributed by atoms with Gasteiger partial charge in [-0.2, -0.15) is 4.98 Å². The minimum absolute atomic E-state index is 0.315. The van der Waals surface area contributed by atoms with Crippen LogP contribution in [-0.2, 0) is 16.0 Å². The molecule has 1 atom stereocenters. The first-order valence-electron chi connectivity index (χ1n) is 7.32. The van der Waals surface area contributed by atoms with E-state index in [0.29, 0.717) is 24.2 Å². The van der Waals surface area contributed by atoms with Gasteiger partial charge >= 0.3 is 5.97 Å². The van der Waals surface area contributed by atoms with E-state index in [0.717, 1.165) is 12.0 Å². The Morgan fingerprint density at radius 3 is 2.81 bits per heavy atom. The predicted molar refractivity (Wildman–Crippen MR) is 75.6 cm³/mol. The molecular weight excluding hydrogens is 268 g/mol. The van der Waals surface area contributed by atoms with Crippen molar-refractivity contribution in [2.75, 3.05) is 6.61 Å². The van der Waals surface area contributed by atoms with E-state index in [2.05, 4.69) is 10.1 Å². The van der Waals surface area contributed by atoms with Crippen LogP contribution in [0.15, 0.2) is 34.9 Å². The van der Waals surface area contributed by atoms with Crippen LogP contribution < -0.4 is 0 Å². The fourth-order valence-corrected chi connectivity index (χ4v) is 2.30. The van der Waals surface area contributed by atoms with Crippen molar-refractivity contribution in [3.63, 3.8) is 0 Å². The molecule has 0 radical (unpaired) electrons. The zero-order valence-corrected chi connectivity index (χ0v) is 12.0. The molecule has 5 heteroatoms. The summed E-state index contributed by atoms with van der Waals surface area (Å²) in [5, 5.41) is 3.99. The predicted octanol–water partition coefficient (Wildman–Crippen LogP) is 2.72. The standard InChI is InChI=1S/C16H18N2O3/c1-2-20-16(19)14(12-6-4-3-5-7-12)15-17-13(18-21-15)10-11-8-9-11/h3-7,11,14H,2,8-10H2,1H3. The molecule has 1 aromatic heterocycles. The zero-order valence-electron chi connectivity index (χ0n) is 12.0. The second-order valence-electron chi connectivity index (χ2n) is 5.29. The number of carbonyl (C=O) groups is 1. The van der Waals surface area contributed by atoms with Gasteiger partial charge in [0.15, 0.2) is 11.7 Å². The topological polar surface area (TPSA) is 65.2 Å². The van der Waals surface area contributed by atoms with Gasteiger partial charge in [-0.1, -0.05) is 35.5 Å². The van der Waals surface area contributed by atoms with Crippen molar-refractivity contribution < 1.29 is 14.1 Å². The van der Waals surface area contributed by atoms with Gasteiger partial charge in [0.25, 0.3) is 0 Å². The van der Waals surface area contributed by atoms with E-state index in [-0.39, 0.29) is 5.97 Å². The Morgan fingerprint density at radius 1 is 1.38 bits per heavy atom. The molecule has 0 N–H and O–H groups in total. The Kier molecular flexibility index (Phi) is 3.99. The van der Waals surface area contributed by atoms with E-state index in [4.69, 9.17) is 9.26 Å². The molecule has 1 fully saturated rings. The van der Waals surface area contributed by atoms with Crippen LogP contribution in [0.2, 0.25) is 0 Å². The van der Waals surface area contributed by atoms with Gasteiger partial charge in [0.05, 0.1) is 6.61 Å². The van der Waals surface area contributed by atoms with Crippen LogP contribution in [0.25, 0.3) is 0 Å². The number of rotatable bonds is 6. The highest BCUT2D eigenvalue weighted by molar-refractivity contribution is 5.80. The first-order chi connectivity index (χ1) is 10.3. The van der Waals surface area contributed by atoms with Crippen molar-refractivity contribution in [1.82, 2.24) is 10.1 Å². The molecule has 1 heterocycles. The minimum Gasteiger partial charge on any atom is -0.465 e. The fourth-order valence-electron chi connectivity index (χ4n) is 2.30. The van der Waals surface area contributed by atoms with Crippen LogP contribution in [-0.4, -0.2) is 22.7 Å². The number of hydrogen-bond acceptors (Lipinski definition) is 5. The highest BCUT2D eigenvalue weighted by Gasteiger charge is 2.31. The lowest BCUT2D eigenvalue weighted by atomic mass is 9.99. The summed E-state index contributed by atoms with van der Waals surface area (Å²) in [6.45, 7) is 2.11. The van der Waals surface area contributed by atoms with E-state index in [9.17, 15) is 4.79 Å². The third-order valence-corrected chi connectivity index (χ3v) is 3.55. The number of nitrogens with zero attached hydrogens (tertiary/aromatic N) is 2. The molecule has 110 valence electrons. The zero-order chi connectivity index (χ0) is 14.7. The summed E-state index contributed by atoms with van der Waals surface area (Å²) in [4.78, 5) is 16.6. The van der Waals surface area contributed by atoms with Gasteiger partial charge in [0, 0.05) is 6.42 Å². The molecule has 1 unspecified atom stereocenters. The van der Waals surface area contributed by atoms with Gasteiger partial charge in [0.2, 0.25) is 5.89 Å². The van der Waals surface area contributed by atoms with Crippen LogP contribution in [0.4, 0.5) is 0 Å². The van der Waals surface area contributed by atoms with E-state index < -0.39 is 5.92 Å². The largest absolute Gasteiger partial charge is 0.465 e. The molecule has 3 rings (SSSR count). The number of ether oxygens (including phenoxy) is 1. The molecule has 0 amide bonds. The lowest BCUT2D eigenvalue weighted by molar-refractivity contribution is -0.144. The van der Waals surface area contributed by atoms with E-state index in [1.807, 2.05) is 30.3 Å². The summed E-state index contributed by atoms with van der Waals surface area (Å²) in [5.41, 5.74) is 0.803. The molecule has 1 aromatic carbocycles. The van der Waals surface area contributed by atoms with Crippen molar-refractivity contribution in [3.05, 3.63) is 47.6 Å². The van der Waals surface area contributed by atoms with Gasteiger partial charge in [-0.05, 0) is 31.2 Å². The van der Waals surface area contributed by atoms with Crippen LogP contribution in [0, 0.1) is 5.92 Å². The average Bonchev–Trinajstić information content (AvgIpc) is 3.19. The number of carbonyl (C=O) groups excluding carboxylic acids is 1. The summed E-state index contributed by atoms with van der Waals surface area (Å²) < 4.78 is 10.5. The van der Waals surface area contributed by atoms with Crippen LogP contribution in [0.5, 0.6) is 0 Å². The average molecular weight is 286 g/mol. The highest BCUT2D eigenvalue weighted by Crippen LogP contribution is 2.32. The third kappa shape index (κ3) is 3.29. The van der Waals surface area contributed by atoms with Crippen molar-refractivity contribution in [2.45, 2.75) is 32.1 Å². The summed E-state index contributed by atoms with van der Waals surface area (Å²) in [5.74, 6) is 0.665. The molecule has 5 nitrogen and oxygen atoms in total. The molecule has 21 heavy (non-hydrogen) atoms. The molecule has 0 aliphatic heterocycles. The number of aromatic nitrogens is 2. The van der Waals surface area contributed by atoms with Gasteiger partial charge in [0.1, 0.15) is 0 Å². The third-order valence-electron chi connectivity index (χ3n) is 3.55. The molecule has 1 saturated carbocycles. The Morgan fingerprint density at radius 2 is 2.14 bits per heavy atom. The van der Waals surface area contributed by atoms with Crippen LogP contribution in [0.3, 0.4) is 0 Å². The Balaban J connectivity index is 1.86. The number of esters is 1. The molecule has 1 aliphatic carbocycles. The molecule has 2 aromatic rings. The van der Waals surface area contributed by atoms with Gasteiger partial charge in [-0.3, -0.25) is 4.79 Å². The van der Waals surface area contributed by atoms with Crippen molar-refractivity contribution in [3.8, 4) is 0 Å². The van der Waals surface area contributed by atoms with Crippen molar-refractivity contribution in [1.29, 1.82) is 0 Å². The van der Waals surface area contributed by atoms with Crippen LogP contribution in [0.1, 0.15) is 43.0 Å². The Bertz CT molecular complexity index is 605. The molecule has 0 spiro atoms. The van der Waals surface area contributed by atoms with Gasteiger partial charge < -0.3 is 9.26 Å². The van der Waals surface area contributed by atoms with Gasteiger partial charge in [-0.15, -0.1) is 0 Å². The Labute approximate surface area is 123 Å². The number of benzene rings is 1. The van der Waals surface area contributed by atoms with E-state index in [1.165, 1.54) is 12.8 Å². The Hall–Kier alpha value is -2.17. The highest BCUT2D eigenvalue weighted by atomic mass is 16.5. The molecule has 0 saturated heterocycles. The van der Waals surface area contributed by atoms with E-state index in [1.54, 1.807) is 6.92 Å². The van der Waals surface area contributed by atoms with E-state index >= 15 is 0 Å². The number of hydrogen-bond donors (Lipinski definition) is 0. The molecule has 0 bridgehead atoms. The summed E-state index contributed by atoms with van der Waals surface area (Å²) in [6, 6.07) is 9.39. The second kappa shape index (κ2) is 6.08. The van der Waals surface area contributed by atoms with Crippen LogP contribution >= 0.6 is 0 Å². The maximum Gasteiger partial charge on any atom is 0.323 e. The van der Waals surface area contributed by atoms with Crippen molar-refractivity contribution >= 4 is 5.97 Å². The lowest BCUT2D eigenvalue weighted by Crippen LogP contribution is -2.17. The first-order valence-corrected chi connectivity index (χ1v) is 7.32. The molecule has 1 aliphatic rings. The second-order valence-corrected chi connectivity index (χ2v) is 5.29.